The van der Waals surface area contributed by atoms with Crippen molar-refractivity contribution in [1.29, 1.82) is 0 Å². The quantitative estimate of drug-likeness (QED) is 0.765. The van der Waals surface area contributed by atoms with Crippen molar-refractivity contribution in [3.63, 3.8) is 0 Å². The summed E-state index contributed by atoms with van der Waals surface area (Å²) < 4.78 is 18.3. The number of ether oxygens (including phenoxy) is 1. The van der Waals surface area contributed by atoms with Gasteiger partial charge in [-0.15, -0.1) is 0 Å². The number of hydrogen-bond donors (Lipinski definition) is 2. The highest BCUT2D eigenvalue weighted by molar-refractivity contribution is 7.15. The molecule has 8 heteroatoms. The average Bonchev–Trinajstić information content (AvgIpc) is 3.21. The lowest BCUT2D eigenvalue weighted by Gasteiger charge is -2.08. The average molecular weight is 344 g/mol. The Hall–Kier alpha value is -2.58. The Kier molecular flexibility index (Phi) is 3.83. The second-order valence-corrected chi connectivity index (χ2v) is 6.40. The molecule has 0 unspecified atom stereocenters. The van der Waals surface area contributed by atoms with Gasteiger partial charge in [0.25, 0.3) is 5.91 Å². The Labute approximate surface area is 140 Å². The molecular formula is C16H13FN4O2S. The van der Waals surface area contributed by atoms with Gasteiger partial charge in [-0.1, -0.05) is 11.3 Å². The van der Waals surface area contributed by atoms with Crippen LogP contribution in [0, 0.1) is 5.82 Å². The fraction of sp³-hybridized carbons (Fsp3) is 0.188. The first-order valence-electron chi connectivity index (χ1n) is 7.38. The lowest BCUT2D eigenvalue weighted by molar-refractivity contribution is 0.102. The highest BCUT2D eigenvalue weighted by atomic mass is 32.1. The van der Waals surface area contributed by atoms with Gasteiger partial charge >= 0.3 is 0 Å². The van der Waals surface area contributed by atoms with Crippen molar-refractivity contribution in [2.45, 2.75) is 13.0 Å². The number of benzene rings is 1. The van der Waals surface area contributed by atoms with Gasteiger partial charge in [-0.25, -0.2) is 9.37 Å². The zero-order chi connectivity index (χ0) is 16.5. The molecule has 0 fully saturated rings. The Bertz CT molecular complexity index is 864. The monoisotopic (exact) mass is 344 g/mol. The van der Waals surface area contributed by atoms with E-state index in [0.29, 0.717) is 29.7 Å². The topological polar surface area (TPSA) is 79.9 Å². The highest BCUT2D eigenvalue weighted by Gasteiger charge is 2.18. The smallest absolute Gasteiger partial charge is 0.275 e. The van der Waals surface area contributed by atoms with E-state index >= 15 is 0 Å². The fourth-order valence-electron chi connectivity index (χ4n) is 2.45. The normalized spacial score (nSPS) is 13.5. The number of nitrogens with one attached hydrogen (secondary N) is 2. The molecule has 4 rings (SSSR count). The Morgan fingerprint density at radius 1 is 1.33 bits per heavy atom. The number of H-pyrrole nitrogens is 1. The van der Waals surface area contributed by atoms with Crippen LogP contribution in [0.3, 0.4) is 0 Å². The molecule has 0 saturated heterocycles. The van der Waals surface area contributed by atoms with Crippen molar-refractivity contribution in [2.75, 3.05) is 11.9 Å². The van der Waals surface area contributed by atoms with Crippen LogP contribution < -0.4 is 5.32 Å². The number of amides is 1. The minimum Gasteiger partial charge on any atom is -0.375 e. The van der Waals surface area contributed by atoms with Gasteiger partial charge in [0.15, 0.2) is 5.13 Å². The summed E-state index contributed by atoms with van der Waals surface area (Å²) in [5.41, 5.74) is 2.61. The van der Waals surface area contributed by atoms with Crippen molar-refractivity contribution < 1.29 is 13.9 Å². The van der Waals surface area contributed by atoms with Crippen molar-refractivity contribution in [1.82, 2.24) is 15.2 Å². The molecule has 0 atom stereocenters. The summed E-state index contributed by atoms with van der Waals surface area (Å²) in [6, 6.07) is 7.56. The molecule has 2 aromatic heterocycles. The first-order chi connectivity index (χ1) is 11.7. The number of thiazole rings is 1. The van der Waals surface area contributed by atoms with E-state index in [1.54, 1.807) is 18.2 Å². The third kappa shape index (κ3) is 2.93. The molecule has 0 bridgehead atoms. The predicted molar refractivity (Wildman–Crippen MR) is 87.4 cm³/mol. The second-order valence-electron chi connectivity index (χ2n) is 5.32. The van der Waals surface area contributed by atoms with E-state index in [2.05, 4.69) is 20.5 Å². The van der Waals surface area contributed by atoms with Gasteiger partial charge in [0.2, 0.25) is 0 Å². The molecular weight excluding hydrogens is 331 g/mol. The Balaban J connectivity index is 1.50. The second kappa shape index (κ2) is 6.14. The largest absolute Gasteiger partial charge is 0.375 e. The van der Waals surface area contributed by atoms with E-state index in [-0.39, 0.29) is 11.7 Å². The van der Waals surface area contributed by atoms with Crippen LogP contribution in [0.25, 0.3) is 11.3 Å². The lowest BCUT2D eigenvalue weighted by Crippen LogP contribution is -2.12. The third-order valence-corrected chi connectivity index (χ3v) is 4.66. The van der Waals surface area contributed by atoms with Gasteiger partial charge in [-0.2, -0.15) is 5.10 Å². The van der Waals surface area contributed by atoms with E-state index in [1.165, 1.54) is 23.5 Å². The zero-order valence-electron chi connectivity index (χ0n) is 12.5. The number of aromatic amines is 1. The number of carbonyl (C=O) groups is 1. The molecule has 3 aromatic rings. The Morgan fingerprint density at radius 3 is 2.96 bits per heavy atom. The number of rotatable bonds is 3. The van der Waals surface area contributed by atoms with Crippen LogP contribution in [0.2, 0.25) is 0 Å². The van der Waals surface area contributed by atoms with Gasteiger partial charge in [0.05, 0.1) is 29.5 Å². The number of aromatic nitrogens is 3. The van der Waals surface area contributed by atoms with E-state index in [0.717, 1.165) is 22.6 Å². The molecule has 0 spiro atoms. The maximum Gasteiger partial charge on any atom is 0.275 e. The SMILES string of the molecule is O=C(Nc1nc2c(s1)COCC2)c1cc(-c2ccc(F)cc2)n[nH]1. The molecule has 122 valence electrons. The molecule has 1 aliphatic heterocycles. The number of fused-ring (bicyclic) bond motifs is 1. The summed E-state index contributed by atoms with van der Waals surface area (Å²) in [6.45, 7) is 1.20. The van der Waals surface area contributed by atoms with Crippen LogP contribution in [0.5, 0.6) is 0 Å². The van der Waals surface area contributed by atoms with Crippen LogP contribution >= 0.6 is 11.3 Å². The van der Waals surface area contributed by atoms with E-state index < -0.39 is 0 Å². The lowest BCUT2D eigenvalue weighted by atomic mass is 10.1. The summed E-state index contributed by atoms with van der Waals surface area (Å²) in [5.74, 6) is -0.633. The van der Waals surface area contributed by atoms with Crippen molar-refractivity contribution in [3.05, 3.63) is 52.4 Å². The van der Waals surface area contributed by atoms with Gasteiger partial charge in [0.1, 0.15) is 11.5 Å². The molecule has 1 aliphatic rings. The molecule has 1 aromatic carbocycles. The highest BCUT2D eigenvalue weighted by Crippen LogP contribution is 2.27. The minimum atomic E-state index is -0.317. The first kappa shape index (κ1) is 15.0. The third-order valence-electron chi connectivity index (χ3n) is 3.68. The minimum absolute atomic E-state index is 0.316. The van der Waals surface area contributed by atoms with Crippen molar-refractivity contribution in [3.8, 4) is 11.3 Å². The van der Waals surface area contributed by atoms with Crippen molar-refractivity contribution >= 4 is 22.4 Å². The van der Waals surface area contributed by atoms with Gasteiger partial charge in [-0.05, 0) is 30.3 Å². The summed E-state index contributed by atoms with van der Waals surface area (Å²) in [4.78, 5) is 17.8. The van der Waals surface area contributed by atoms with Crippen LogP contribution in [-0.4, -0.2) is 27.7 Å². The molecule has 2 N–H and O–H groups in total. The summed E-state index contributed by atoms with van der Waals surface area (Å²) in [6.07, 6.45) is 0.764. The standard InChI is InChI=1S/C16H13FN4O2S/c17-10-3-1-9(2-4-10)12-7-13(21-20-12)15(22)19-16-18-11-5-6-23-8-14(11)24-16/h1-4,7H,5-6,8H2,(H,20,21)(H,18,19,22). The molecule has 3 heterocycles. The van der Waals surface area contributed by atoms with Crippen molar-refractivity contribution in [2.24, 2.45) is 0 Å². The number of nitrogens with zero attached hydrogens (tertiary/aromatic N) is 2. The molecule has 0 radical (unpaired) electrons. The van der Waals surface area contributed by atoms with Gasteiger partial charge < -0.3 is 4.74 Å². The number of hydrogen-bond acceptors (Lipinski definition) is 5. The Morgan fingerprint density at radius 2 is 2.17 bits per heavy atom. The number of halogens is 1. The predicted octanol–water partition coefficient (Wildman–Crippen LogP) is 3.00. The fourth-order valence-corrected chi connectivity index (χ4v) is 3.39. The van der Waals surface area contributed by atoms with Crippen LogP contribution in [0.15, 0.2) is 30.3 Å². The van der Waals surface area contributed by atoms with Crippen LogP contribution in [-0.2, 0) is 17.8 Å². The first-order valence-corrected chi connectivity index (χ1v) is 8.20. The molecule has 0 aliphatic carbocycles. The number of carbonyl (C=O) groups excluding carboxylic acids is 1. The van der Waals surface area contributed by atoms with Gasteiger partial charge in [-0.3, -0.25) is 15.2 Å². The molecule has 6 nitrogen and oxygen atoms in total. The summed E-state index contributed by atoms with van der Waals surface area (Å²) >= 11 is 1.42. The summed E-state index contributed by atoms with van der Waals surface area (Å²) in [5, 5.41) is 10.1. The maximum absolute atomic E-state index is 13.0. The summed E-state index contributed by atoms with van der Waals surface area (Å²) in [7, 11) is 0. The van der Waals surface area contributed by atoms with Gasteiger partial charge in [0, 0.05) is 12.0 Å². The van der Waals surface area contributed by atoms with E-state index in [1.807, 2.05) is 0 Å². The molecule has 0 saturated carbocycles. The van der Waals surface area contributed by atoms with Crippen LogP contribution in [0.1, 0.15) is 21.1 Å². The maximum atomic E-state index is 13.0. The molecule has 1 amide bonds. The van der Waals surface area contributed by atoms with E-state index in [9.17, 15) is 9.18 Å². The molecule has 24 heavy (non-hydrogen) atoms. The van der Waals surface area contributed by atoms with E-state index in [4.69, 9.17) is 4.74 Å². The number of anilines is 1. The zero-order valence-corrected chi connectivity index (χ0v) is 13.3. The van der Waals surface area contributed by atoms with Crippen LogP contribution in [0.4, 0.5) is 9.52 Å².